The van der Waals surface area contributed by atoms with Crippen LogP contribution in [0.3, 0.4) is 0 Å². The highest BCUT2D eigenvalue weighted by Crippen LogP contribution is 2.24. The first kappa shape index (κ1) is 13.1. The van der Waals surface area contributed by atoms with E-state index < -0.39 is 11.3 Å². The number of halogens is 1. The first-order chi connectivity index (χ1) is 8.08. The minimum absolute atomic E-state index is 0.407. The zero-order valence-corrected chi connectivity index (χ0v) is 11.1. The van der Waals surface area contributed by atoms with Gasteiger partial charge in [-0.3, -0.25) is 14.6 Å². The van der Waals surface area contributed by atoms with Crippen molar-refractivity contribution in [3.63, 3.8) is 0 Å². The van der Waals surface area contributed by atoms with Crippen molar-refractivity contribution >= 4 is 17.6 Å². The summed E-state index contributed by atoms with van der Waals surface area (Å²) >= 11 is 5.83. The van der Waals surface area contributed by atoms with E-state index in [1.165, 1.54) is 25.8 Å². The lowest BCUT2D eigenvalue weighted by molar-refractivity contribution is -0.137. The molecular weight excluding hydrogens is 240 g/mol. The van der Waals surface area contributed by atoms with Crippen molar-refractivity contribution < 1.29 is 9.90 Å². The van der Waals surface area contributed by atoms with Crippen molar-refractivity contribution in [2.45, 2.75) is 43.6 Å². The molecule has 2 rings (SSSR count). The highest BCUT2D eigenvalue weighted by atomic mass is 35.5. The summed E-state index contributed by atoms with van der Waals surface area (Å²) in [6, 6.07) is 1.02. The SMILES string of the molecule is CC1CN2CCCCC2CN1CC(Cl)C(=O)O. The number of carboxylic acids is 1. The quantitative estimate of drug-likeness (QED) is 0.776. The van der Waals surface area contributed by atoms with E-state index in [-0.39, 0.29) is 0 Å². The molecule has 0 amide bonds. The fraction of sp³-hybridized carbons (Fsp3) is 0.917. The maximum absolute atomic E-state index is 10.8. The molecule has 2 aliphatic rings. The van der Waals surface area contributed by atoms with Crippen molar-refractivity contribution in [1.29, 1.82) is 0 Å². The van der Waals surface area contributed by atoms with Crippen LogP contribution >= 0.6 is 11.6 Å². The number of piperidine rings is 1. The molecule has 0 aliphatic carbocycles. The summed E-state index contributed by atoms with van der Waals surface area (Å²) in [5, 5.41) is 8.08. The van der Waals surface area contributed by atoms with Gasteiger partial charge in [-0.1, -0.05) is 6.42 Å². The van der Waals surface area contributed by atoms with E-state index in [1.54, 1.807) is 0 Å². The number of carboxylic acid groups (broad SMARTS) is 1. The normalized spacial score (nSPS) is 33.1. The first-order valence-corrected chi connectivity index (χ1v) is 6.86. The van der Waals surface area contributed by atoms with Crippen molar-refractivity contribution in [2.24, 2.45) is 0 Å². The number of rotatable bonds is 3. The molecule has 17 heavy (non-hydrogen) atoms. The van der Waals surface area contributed by atoms with Crippen molar-refractivity contribution in [2.75, 3.05) is 26.2 Å². The Kier molecular flexibility index (Phi) is 4.28. The molecule has 2 aliphatic heterocycles. The highest BCUT2D eigenvalue weighted by molar-refractivity contribution is 6.29. The molecule has 98 valence electrons. The monoisotopic (exact) mass is 260 g/mol. The lowest BCUT2D eigenvalue weighted by Gasteiger charge is -2.47. The molecule has 2 heterocycles. The number of fused-ring (bicyclic) bond motifs is 1. The summed E-state index contributed by atoms with van der Waals surface area (Å²) in [5.74, 6) is -0.912. The Morgan fingerprint density at radius 2 is 2.24 bits per heavy atom. The molecule has 1 N–H and O–H groups in total. The first-order valence-electron chi connectivity index (χ1n) is 6.43. The largest absolute Gasteiger partial charge is 0.480 e. The van der Waals surface area contributed by atoms with Gasteiger partial charge in [-0.2, -0.15) is 0 Å². The Morgan fingerprint density at radius 1 is 1.47 bits per heavy atom. The molecule has 3 atom stereocenters. The molecule has 0 aromatic heterocycles. The van der Waals surface area contributed by atoms with E-state index >= 15 is 0 Å². The standard InChI is InChI=1S/C12H21ClN2O2/c1-9-6-14-5-3-2-4-10(14)7-15(9)8-11(13)12(16)17/h9-11H,2-8H2,1H3,(H,16,17). The second-order valence-electron chi connectivity index (χ2n) is 5.25. The molecule has 0 aromatic carbocycles. The van der Waals surface area contributed by atoms with Crippen LogP contribution in [0.15, 0.2) is 0 Å². The van der Waals surface area contributed by atoms with Gasteiger partial charge in [-0.25, -0.2) is 0 Å². The van der Waals surface area contributed by atoms with Crippen LogP contribution in [-0.2, 0) is 4.79 Å². The molecule has 4 nitrogen and oxygen atoms in total. The Labute approximate surface area is 108 Å². The van der Waals surface area contributed by atoms with Crippen LogP contribution in [0, 0.1) is 0 Å². The van der Waals surface area contributed by atoms with Gasteiger partial charge in [0.1, 0.15) is 5.38 Å². The third-order valence-corrected chi connectivity index (χ3v) is 4.30. The van der Waals surface area contributed by atoms with Crippen LogP contribution in [0.5, 0.6) is 0 Å². The topological polar surface area (TPSA) is 43.8 Å². The van der Waals surface area contributed by atoms with Gasteiger partial charge in [0, 0.05) is 31.7 Å². The van der Waals surface area contributed by atoms with Gasteiger partial charge in [0.15, 0.2) is 0 Å². The molecule has 2 fully saturated rings. The third kappa shape index (κ3) is 3.12. The zero-order valence-electron chi connectivity index (χ0n) is 10.3. The van der Waals surface area contributed by atoms with Gasteiger partial charge < -0.3 is 5.11 Å². The van der Waals surface area contributed by atoms with E-state index in [2.05, 4.69) is 16.7 Å². The number of aliphatic carboxylic acids is 1. The number of piperazine rings is 1. The molecule has 3 unspecified atom stereocenters. The van der Waals surface area contributed by atoms with E-state index in [0.29, 0.717) is 18.6 Å². The summed E-state index contributed by atoms with van der Waals surface area (Å²) in [7, 11) is 0. The van der Waals surface area contributed by atoms with Crippen LogP contribution < -0.4 is 0 Å². The molecule has 0 radical (unpaired) electrons. The summed E-state index contributed by atoms with van der Waals surface area (Å²) in [6.45, 7) is 5.84. The average Bonchev–Trinajstić information content (AvgIpc) is 2.29. The van der Waals surface area contributed by atoms with Crippen molar-refractivity contribution in [1.82, 2.24) is 9.80 Å². The maximum Gasteiger partial charge on any atom is 0.322 e. The molecule has 5 heteroatoms. The van der Waals surface area contributed by atoms with Gasteiger partial charge >= 0.3 is 5.97 Å². The molecule has 0 spiro atoms. The van der Waals surface area contributed by atoms with Crippen LogP contribution in [0.4, 0.5) is 0 Å². The second-order valence-corrected chi connectivity index (χ2v) is 5.78. The summed E-state index contributed by atoms with van der Waals surface area (Å²) in [6.07, 6.45) is 3.84. The average molecular weight is 261 g/mol. The van der Waals surface area contributed by atoms with Gasteiger partial charge in [-0.15, -0.1) is 11.6 Å². The van der Waals surface area contributed by atoms with Crippen LogP contribution in [0.2, 0.25) is 0 Å². The number of nitrogens with zero attached hydrogens (tertiary/aromatic N) is 2. The van der Waals surface area contributed by atoms with Crippen molar-refractivity contribution in [3.8, 4) is 0 Å². The van der Waals surface area contributed by atoms with E-state index in [0.717, 1.165) is 13.1 Å². The van der Waals surface area contributed by atoms with Crippen LogP contribution in [0.25, 0.3) is 0 Å². The third-order valence-electron chi connectivity index (χ3n) is 3.98. The van der Waals surface area contributed by atoms with Gasteiger partial charge in [0.05, 0.1) is 0 Å². The zero-order chi connectivity index (χ0) is 12.4. The Bertz CT molecular complexity index is 288. The van der Waals surface area contributed by atoms with Gasteiger partial charge in [0.25, 0.3) is 0 Å². The van der Waals surface area contributed by atoms with E-state index in [4.69, 9.17) is 16.7 Å². The Morgan fingerprint density at radius 3 is 2.94 bits per heavy atom. The number of hydrogen-bond acceptors (Lipinski definition) is 3. The maximum atomic E-state index is 10.8. The molecule has 0 saturated carbocycles. The van der Waals surface area contributed by atoms with Gasteiger partial charge in [0.2, 0.25) is 0 Å². The lowest BCUT2D eigenvalue weighted by Crippen LogP contribution is -2.59. The number of hydrogen-bond donors (Lipinski definition) is 1. The number of carbonyl (C=O) groups is 1. The predicted octanol–water partition coefficient (Wildman–Crippen LogP) is 1.24. The minimum atomic E-state index is -0.912. The Hall–Kier alpha value is -0.320. The van der Waals surface area contributed by atoms with Crippen molar-refractivity contribution in [3.05, 3.63) is 0 Å². The van der Waals surface area contributed by atoms with Crippen LogP contribution in [-0.4, -0.2) is 64.5 Å². The summed E-state index contributed by atoms with van der Waals surface area (Å²) in [4.78, 5) is 15.6. The predicted molar refractivity (Wildman–Crippen MR) is 67.5 cm³/mol. The Balaban J connectivity index is 1.92. The molecule has 2 saturated heterocycles. The smallest absolute Gasteiger partial charge is 0.322 e. The fourth-order valence-corrected chi connectivity index (χ4v) is 3.13. The lowest BCUT2D eigenvalue weighted by atomic mass is 9.97. The molecular formula is C12H21ClN2O2. The summed E-state index contributed by atoms with van der Waals surface area (Å²) in [5.41, 5.74) is 0. The van der Waals surface area contributed by atoms with E-state index in [9.17, 15) is 4.79 Å². The molecule has 0 aromatic rings. The highest BCUT2D eigenvalue weighted by Gasteiger charge is 2.34. The minimum Gasteiger partial charge on any atom is -0.480 e. The van der Waals surface area contributed by atoms with E-state index in [1.807, 2.05) is 0 Å². The summed E-state index contributed by atoms with van der Waals surface area (Å²) < 4.78 is 0. The second kappa shape index (κ2) is 5.55. The molecule has 0 bridgehead atoms. The fourth-order valence-electron chi connectivity index (χ4n) is 2.95. The number of alkyl halides is 1. The van der Waals surface area contributed by atoms with Gasteiger partial charge in [-0.05, 0) is 26.3 Å². The van der Waals surface area contributed by atoms with Crippen LogP contribution in [0.1, 0.15) is 26.2 Å².